The molecular formula is C17H20BrN3O3S. The summed E-state index contributed by atoms with van der Waals surface area (Å²) in [5.41, 5.74) is 2.20. The number of hydrogen-bond acceptors (Lipinski definition) is 5. The molecule has 2 N–H and O–H groups in total. The second-order valence-corrected chi connectivity index (χ2v) is 8.63. The number of nitrogens with one attached hydrogen (secondary N) is 1. The summed E-state index contributed by atoms with van der Waals surface area (Å²) in [6.07, 6.45) is 5.06. The third-order valence-corrected chi connectivity index (χ3v) is 5.70. The summed E-state index contributed by atoms with van der Waals surface area (Å²) in [6.45, 7) is 4.09. The second kappa shape index (κ2) is 7.41. The first-order valence-corrected chi connectivity index (χ1v) is 10.2. The lowest BCUT2D eigenvalue weighted by Gasteiger charge is -2.29. The van der Waals surface area contributed by atoms with Crippen molar-refractivity contribution in [2.75, 3.05) is 18.0 Å². The van der Waals surface area contributed by atoms with E-state index in [4.69, 9.17) is 4.55 Å². The van der Waals surface area contributed by atoms with E-state index >= 15 is 0 Å². The van der Waals surface area contributed by atoms with Crippen LogP contribution in [-0.2, 0) is 10.1 Å². The number of fused-ring (bicyclic) bond motifs is 2. The highest BCUT2D eigenvalue weighted by molar-refractivity contribution is 9.10. The number of rotatable bonds is 2. The smallest absolute Gasteiger partial charge is 0.294 e. The van der Waals surface area contributed by atoms with E-state index in [0.29, 0.717) is 12.1 Å². The van der Waals surface area contributed by atoms with Gasteiger partial charge in [0, 0.05) is 35.8 Å². The van der Waals surface area contributed by atoms with Gasteiger partial charge in [-0.15, -0.1) is 0 Å². The molecule has 1 aromatic carbocycles. The number of aryl methyl sites for hydroxylation is 1. The lowest BCUT2D eigenvalue weighted by atomic mass is 10.2. The van der Waals surface area contributed by atoms with Crippen LogP contribution >= 0.6 is 15.9 Å². The molecule has 2 aliphatic heterocycles. The maximum Gasteiger partial charge on any atom is 0.294 e. The van der Waals surface area contributed by atoms with E-state index in [1.54, 1.807) is 12.1 Å². The summed E-state index contributed by atoms with van der Waals surface area (Å²) >= 11 is 3.46. The molecule has 1 aromatic heterocycles. The van der Waals surface area contributed by atoms with Gasteiger partial charge in [-0.25, -0.2) is 0 Å². The van der Waals surface area contributed by atoms with Crippen LogP contribution in [0, 0.1) is 6.92 Å². The van der Waals surface area contributed by atoms with Gasteiger partial charge in [0.1, 0.15) is 0 Å². The van der Waals surface area contributed by atoms with Crippen LogP contribution in [0.4, 0.5) is 5.69 Å². The SMILES string of the molecule is Brc1cncc(N2C[C@@H]3C[C@H]2CN3)c1.Cc1ccc(S(=O)(=O)O)cc1. The molecule has 2 saturated heterocycles. The third kappa shape index (κ3) is 4.58. The van der Waals surface area contributed by atoms with E-state index in [1.165, 1.54) is 24.2 Å². The van der Waals surface area contributed by atoms with E-state index in [1.807, 2.05) is 19.3 Å². The molecule has 0 aliphatic carbocycles. The van der Waals surface area contributed by atoms with Gasteiger partial charge in [0.15, 0.2) is 0 Å². The van der Waals surface area contributed by atoms with Gasteiger partial charge in [0.25, 0.3) is 10.1 Å². The number of nitrogens with zero attached hydrogens (tertiary/aromatic N) is 2. The van der Waals surface area contributed by atoms with Gasteiger partial charge in [-0.3, -0.25) is 9.54 Å². The first kappa shape index (κ1) is 18.3. The van der Waals surface area contributed by atoms with Crippen molar-refractivity contribution >= 4 is 31.7 Å². The van der Waals surface area contributed by atoms with Gasteiger partial charge < -0.3 is 10.2 Å². The molecule has 2 atom stereocenters. The maximum absolute atomic E-state index is 10.5. The zero-order chi connectivity index (χ0) is 18.0. The van der Waals surface area contributed by atoms with Gasteiger partial charge in [-0.1, -0.05) is 17.7 Å². The van der Waals surface area contributed by atoms with Crippen molar-refractivity contribution in [2.45, 2.75) is 30.3 Å². The Morgan fingerprint density at radius 2 is 2.00 bits per heavy atom. The van der Waals surface area contributed by atoms with Crippen LogP contribution in [0.3, 0.4) is 0 Å². The molecular weight excluding hydrogens is 406 g/mol. The molecule has 2 aliphatic rings. The van der Waals surface area contributed by atoms with Crippen LogP contribution in [0.25, 0.3) is 0 Å². The molecule has 2 bridgehead atoms. The quantitative estimate of drug-likeness (QED) is 0.719. The number of hydrogen-bond donors (Lipinski definition) is 2. The Morgan fingerprint density at radius 1 is 1.28 bits per heavy atom. The van der Waals surface area contributed by atoms with E-state index in [2.05, 4.69) is 37.2 Å². The molecule has 0 amide bonds. The summed E-state index contributed by atoms with van der Waals surface area (Å²) < 4.78 is 30.6. The Labute approximate surface area is 156 Å². The van der Waals surface area contributed by atoms with Crippen molar-refractivity contribution in [3.63, 3.8) is 0 Å². The first-order chi connectivity index (χ1) is 11.8. The van der Waals surface area contributed by atoms with Crippen LogP contribution < -0.4 is 10.2 Å². The van der Waals surface area contributed by atoms with Gasteiger partial charge in [0.2, 0.25) is 0 Å². The molecule has 134 valence electrons. The summed E-state index contributed by atoms with van der Waals surface area (Å²) in [4.78, 5) is 6.59. The predicted molar refractivity (Wildman–Crippen MR) is 100 cm³/mol. The topological polar surface area (TPSA) is 82.5 Å². The minimum atomic E-state index is -4.02. The second-order valence-electron chi connectivity index (χ2n) is 6.30. The fourth-order valence-corrected chi connectivity index (χ4v) is 3.98. The van der Waals surface area contributed by atoms with E-state index < -0.39 is 10.1 Å². The van der Waals surface area contributed by atoms with Crippen molar-refractivity contribution in [3.8, 4) is 0 Å². The van der Waals surface area contributed by atoms with E-state index in [0.717, 1.165) is 23.1 Å². The number of benzene rings is 1. The molecule has 0 unspecified atom stereocenters. The van der Waals surface area contributed by atoms with Gasteiger partial charge in [-0.2, -0.15) is 8.42 Å². The van der Waals surface area contributed by atoms with Crippen molar-refractivity contribution in [3.05, 3.63) is 52.8 Å². The Hall–Kier alpha value is -1.48. The van der Waals surface area contributed by atoms with E-state index in [9.17, 15) is 8.42 Å². The Kier molecular flexibility index (Phi) is 5.43. The molecule has 8 heteroatoms. The van der Waals surface area contributed by atoms with Crippen LogP contribution in [0.1, 0.15) is 12.0 Å². The largest absolute Gasteiger partial charge is 0.364 e. The number of piperazine rings is 1. The van der Waals surface area contributed by atoms with Crippen molar-refractivity contribution in [1.82, 2.24) is 10.3 Å². The van der Waals surface area contributed by atoms with Crippen LogP contribution in [-0.4, -0.2) is 43.1 Å². The molecule has 6 nitrogen and oxygen atoms in total. The highest BCUT2D eigenvalue weighted by Crippen LogP contribution is 2.29. The third-order valence-electron chi connectivity index (χ3n) is 4.40. The highest BCUT2D eigenvalue weighted by Gasteiger charge is 2.37. The molecule has 0 radical (unpaired) electrons. The fourth-order valence-electron chi connectivity index (χ4n) is 3.15. The minimum absolute atomic E-state index is 0.0666. The Morgan fingerprint density at radius 3 is 2.52 bits per heavy atom. The summed E-state index contributed by atoms with van der Waals surface area (Å²) in [6, 6.07) is 9.50. The van der Waals surface area contributed by atoms with Gasteiger partial charge >= 0.3 is 0 Å². The summed E-state index contributed by atoms with van der Waals surface area (Å²) in [5, 5.41) is 3.50. The monoisotopic (exact) mass is 425 g/mol. The number of halogens is 1. The Bertz CT molecular complexity index is 842. The van der Waals surface area contributed by atoms with Gasteiger partial charge in [-0.05, 0) is 47.5 Å². The molecule has 25 heavy (non-hydrogen) atoms. The average molecular weight is 426 g/mol. The van der Waals surface area contributed by atoms with Crippen molar-refractivity contribution in [2.24, 2.45) is 0 Å². The number of aromatic nitrogens is 1. The Balaban J connectivity index is 0.000000151. The standard InChI is InChI=1S/C10H12BrN3.C7H8O3S/c11-7-1-9(4-12-3-7)14-6-8-2-10(14)5-13-8;1-6-2-4-7(5-3-6)11(8,9)10/h1,3-4,8,10,13H,2,5-6H2;2-5H,1H3,(H,8,9,10)/t8-,10-;/m0./s1. The lowest BCUT2D eigenvalue weighted by molar-refractivity contribution is 0.483. The highest BCUT2D eigenvalue weighted by atomic mass is 79.9. The molecule has 4 rings (SSSR count). The molecule has 2 aromatic rings. The molecule has 0 saturated carbocycles. The van der Waals surface area contributed by atoms with Crippen LogP contribution in [0.5, 0.6) is 0 Å². The van der Waals surface area contributed by atoms with Crippen molar-refractivity contribution in [1.29, 1.82) is 0 Å². The summed E-state index contributed by atoms with van der Waals surface area (Å²) in [7, 11) is -4.02. The molecule has 0 spiro atoms. The van der Waals surface area contributed by atoms with Gasteiger partial charge in [0.05, 0.1) is 16.8 Å². The first-order valence-electron chi connectivity index (χ1n) is 7.97. The van der Waals surface area contributed by atoms with Crippen LogP contribution in [0.15, 0.2) is 52.1 Å². The molecule has 3 heterocycles. The predicted octanol–water partition coefficient (Wildman–Crippen LogP) is 2.64. The van der Waals surface area contributed by atoms with Crippen molar-refractivity contribution < 1.29 is 13.0 Å². The minimum Gasteiger partial charge on any atom is -0.364 e. The zero-order valence-corrected chi connectivity index (χ0v) is 16.2. The summed E-state index contributed by atoms with van der Waals surface area (Å²) in [5.74, 6) is 0. The number of pyridine rings is 1. The average Bonchev–Trinajstić information content (AvgIpc) is 3.18. The zero-order valence-electron chi connectivity index (χ0n) is 13.8. The fraction of sp³-hybridized carbons (Fsp3) is 0.353. The number of anilines is 1. The molecule has 2 fully saturated rings. The lowest BCUT2D eigenvalue weighted by Crippen LogP contribution is -2.43. The normalized spacial score (nSPS) is 21.8. The maximum atomic E-state index is 10.5. The van der Waals surface area contributed by atoms with Crippen LogP contribution in [0.2, 0.25) is 0 Å². The van der Waals surface area contributed by atoms with E-state index in [-0.39, 0.29) is 4.90 Å².